The van der Waals surface area contributed by atoms with E-state index in [4.69, 9.17) is 9.47 Å². The molecule has 0 unspecified atom stereocenters. The molecule has 0 saturated heterocycles. The van der Waals surface area contributed by atoms with Gasteiger partial charge in [0.05, 0.1) is 31.8 Å². The Morgan fingerprint density at radius 1 is 1.18 bits per heavy atom. The Morgan fingerprint density at radius 2 is 2.09 bits per heavy atom. The summed E-state index contributed by atoms with van der Waals surface area (Å²) in [7, 11) is 3.29. The van der Waals surface area contributed by atoms with E-state index in [1.165, 1.54) is 0 Å². The number of ether oxygens (including phenoxy) is 2. The maximum absolute atomic E-state index is 5.22. The summed E-state index contributed by atoms with van der Waals surface area (Å²) in [6.45, 7) is 1.28. The van der Waals surface area contributed by atoms with Crippen LogP contribution in [-0.4, -0.2) is 46.7 Å². The zero-order valence-corrected chi connectivity index (χ0v) is 12.5. The molecule has 0 saturated carbocycles. The number of nitrogens with one attached hydrogen (secondary N) is 1. The number of aromatic nitrogens is 4. The fraction of sp³-hybridized carbons (Fsp3) is 0.267. The molecule has 0 aliphatic carbocycles. The molecule has 0 bridgehead atoms. The molecular formula is C15H17N5O2. The average Bonchev–Trinajstić information content (AvgIpc) is 3.00. The van der Waals surface area contributed by atoms with E-state index in [-0.39, 0.29) is 0 Å². The normalized spacial score (nSPS) is 10.8. The van der Waals surface area contributed by atoms with Gasteiger partial charge in [-0.15, -0.1) is 0 Å². The van der Waals surface area contributed by atoms with Crippen molar-refractivity contribution in [2.45, 2.75) is 0 Å². The summed E-state index contributed by atoms with van der Waals surface area (Å²) in [6.07, 6.45) is 8.87. The summed E-state index contributed by atoms with van der Waals surface area (Å²) in [6, 6.07) is 1.93. The first kappa shape index (κ1) is 14.3. The zero-order chi connectivity index (χ0) is 15.4. The Labute approximate surface area is 128 Å². The molecular weight excluding hydrogens is 282 g/mol. The van der Waals surface area contributed by atoms with Gasteiger partial charge in [-0.05, 0) is 6.07 Å². The molecule has 0 aromatic carbocycles. The highest BCUT2D eigenvalue weighted by molar-refractivity contribution is 5.70. The van der Waals surface area contributed by atoms with Crippen LogP contribution in [0.4, 0.5) is 5.82 Å². The summed E-state index contributed by atoms with van der Waals surface area (Å²) in [5.74, 6) is 1.43. The van der Waals surface area contributed by atoms with Crippen LogP contribution in [0.5, 0.6) is 5.75 Å². The van der Waals surface area contributed by atoms with Gasteiger partial charge in [0.1, 0.15) is 5.75 Å². The Kier molecular flexibility index (Phi) is 4.15. The number of pyridine rings is 1. The zero-order valence-electron chi connectivity index (χ0n) is 12.5. The maximum atomic E-state index is 5.22. The van der Waals surface area contributed by atoms with E-state index in [9.17, 15) is 0 Å². The highest BCUT2D eigenvalue weighted by atomic mass is 16.5. The van der Waals surface area contributed by atoms with Gasteiger partial charge in [0.15, 0.2) is 11.5 Å². The summed E-state index contributed by atoms with van der Waals surface area (Å²) in [5, 5.41) is 3.22. The molecule has 0 aliphatic heterocycles. The van der Waals surface area contributed by atoms with Gasteiger partial charge >= 0.3 is 0 Å². The van der Waals surface area contributed by atoms with Gasteiger partial charge in [-0.1, -0.05) is 0 Å². The minimum absolute atomic E-state index is 0.607. The molecule has 3 aromatic rings. The number of methoxy groups -OCH3 is 2. The Morgan fingerprint density at radius 3 is 2.91 bits per heavy atom. The van der Waals surface area contributed by atoms with E-state index in [0.717, 1.165) is 22.7 Å². The van der Waals surface area contributed by atoms with Crippen LogP contribution in [0.2, 0.25) is 0 Å². The van der Waals surface area contributed by atoms with Gasteiger partial charge in [0.2, 0.25) is 0 Å². The largest absolute Gasteiger partial charge is 0.495 e. The van der Waals surface area contributed by atoms with Gasteiger partial charge in [0.25, 0.3) is 0 Å². The monoisotopic (exact) mass is 299 g/mol. The number of hydrogen-bond donors (Lipinski definition) is 1. The van der Waals surface area contributed by atoms with Crippen LogP contribution in [0.3, 0.4) is 0 Å². The molecule has 1 N–H and O–H groups in total. The lowest BCUT2D eigenvalue weighted by atomic mass is 10.2. The van der Waals surface area contributed by atoms with Crippen molar-refractivity contribution in [3.63, 3.8) is 0 Å². The van der Waals surface area contributed by atoms with Gasteiger partial charge < -0.3 is 14.8 Å². The minimum Gasteiger partial charge on any atom is -0.495 e. The highest BCUT2D eigenvalue weighted by Crippen LogP contribution is 2.25. The lowest BCUT2D eigenvalue weighted by Crippen LogP contribution is -2.10. The van der Waals surface area contributed by atoms with Crippen LogP contribution in [0.15, 0.2) is 37.1 Å². The Balaban J connectivity index is 1.99. The van der Waals surface area contributed by atoms with Crippen molar-refractivity contribution in [3.05, 3.63) is 37.1 Å². The summed E-state index contributed by atoms with van der Waals surface area (Å²) in [4.78, 5) is 13.0. The van der Waals surface area contributed by atoms with Crippen molar-refractivity contribution in [1.82, 2.24) is 19.4 Å². The summed E-state index contributed by atoms with van der Waals surface area (Å²) < 4.78 is 12.2. The van der Waals surface area contributed by atoms with E-state index < -0.39 is 0 Å². The van der Waals surface area contributed by atoms with Crippen LogP contribution in [0, 0.1) is 0 Å². The quantitative estimate of drug-likeness (QED) is 0.700. The van der Waals surface area contributed by atoms with Crippen molar-refractivity contribution in [3.8, 4) is 17.0 Å². The first-order valence-electron chi connectivity index (χ1n) is 6.87. The molecule has 3 heterocycles. The first-order chi connectivity index (χ1) is 10.8. The minimum atomic E-state index is 0.607. The lowest BCUT2D eigenvalue weighted by Gasteiger charge is -2.07. The topological polar surface area (TPSA) is 73.6 Å². The molecule has 7 nitrogen and oxygen atoms in total. The van der Waals surface area contributed by atoms with Crippen LogP contribution in [0.25, 0.3) is 16.9 Å². The molecule has 0 fully saturated rings. The highest BCUT2D eigenvalue weighted by Gasteiger charge is 2.10. The number of hydrogen-bond acceptors (Lipinski definition) is 6. The van der Waals surface area contributed by atoms with Crippen molar-refractivity contribution < 1.29 is 9.47 Å². The third-order valence-electron chi connectivity index (χ3n) is 3.27. The third kappa shape index (κ3) is 2.71. The molecule has 3 rings (SSSR count). The second kappa shape index (κ2) is 6.40. The third-order valence-corrected chi connectivity index (χ3v) is 3.27. The van der Waals surface area contributed by atoms with Gasteiger partial charge in [-0.3, -0.25) is 9.38 Å². The molecule has 114 valence electrons. The van der Waals surface area contributed by atoms with E-state index in [0.29, 0.717) is 18.9 Å². The maximum Gasteiger partial charge on any atom is 0.180 e. The van der Waals surface area contributed by atoms with Gasteiger partial charge in [-0.25, -0.2) is 9.97 Å². The standard InChI is InChI=1S/C15H17N5O2/c1-21-6-4-18-14-15-19-10-13(20(15)5-3-17-14)11-7-12(22-2)9-16-8-11/h3,5,7-10H,4,6H2,1-2H3,(H,17,18). The predicted octanol–water partition coefficient (Wildman–Crippen LogP) is 1.86. The van der Waals surface area contributed by atoms with E-state index >= 15 is 0 Å². The Hall–Kier alpha value is -2.67. The van der Waals surface area contributed by atoms with Crippen molar-refractivity contribution in [1.29, 1.82) is 0 Å². The molecule has 22 heavy (non-hydrogen) atoms. The number of anilines is 1. The van der Waals surface area contributed by atoms with Crippen LogP contribution in [0.1, 0.15) is 0 Å². The fourth-order valence-corrected chi connectivity index (χ4v) is 2.20. The van der Waals surface area contributed by atoms with Crippen LogP contribution >= 0.6 is 0 Å². The number of nitrogens with zero attached hydrogens (tertiary/aromatic N) is 4. The van der Waals surface area contributed by atoms with Crippen LogP contribution in [-0.2, 0) is 4.74 Å². The molecule has 0 spiro atoms. The van der Waals surface area contributed by atoms with Crippen molar-refractivity contribution >= 4 is 11.5 Å². The molecule has 3 aromatic heterocycles. The van der Waals surface area contributed by atoms with Gasteiger partial charge in [-0.2, -0.15) is 0 Å². The van der Waals surface area contributed by atoms with Gasteiger partial charge in [0, 0.05) is 37.8 Å². The predicted molar refractivity (Wildman–Crippen MR) is 83.1 cm³/mol. The molecule has 0 amide bonds. The molecule has 0 atom stereocenters. The average molecular weight is 299 g/mol. The van der Waals surface area contributed by atoms with E-state index in [1.807, 2.05) is 16.7 Å². The SMILES string of the molecule is COCCNc1nccn2c(-c3cncc(OC)c3)cnc12. The molecule has 0 aliphatic rings. The fourth-order valence-electron chi connectivity index (χ4n) is 2.20. The number of imidazole rings is 1. The number of rotatable bonds is 6. The Bertz CT molecular complexity index is 771. The molecule has 0 radical (unpaired) electrons. The van der Waals surface area contributed by atoms with E-state index in [1.54, 1.807) is 39.0 Å². The molecule has 7 heteroatoms. The first-order valence-corrected chi connectivity index (χ1v) is 6.87. The van der Waals surface area contributed by atoms with E-state index in [2.05, 4.69) is 20.3 Å². The van der Waals surface area contributed by atoms with Crippen molar-refractivity contribution in [2.24, 2.45) is 0 Å². The number of fused-ring (bicyclic) bond motifs is 1. The lowest BCUT2D eigenvalue weighted by molar-refractivity contribution is 0.210. The summed E-state index contributed by atoms with van der Waals surface area (Å²) >= 11 is 0. The second-order valence-electron chi connectivity index (χ2n) is 4.65. The summed E-state index contributed by atoms with van der Waals surface area (Å²) in [5.41, 5.74) is 2.62. The van der Waals surface area contributed by atoms with Crippen LogP contribution < -0.4 is 10.1 Å². The second-order valence-corrected chi connectivity index (χ2v) is 4.65. The smallest absolute Gasteiger partial charge is 0.180 e. The van der Waals surface area contributed by atoms with Crippen molar-refractivity contribution in [2.75, 3.05) is 32.7 Å².